The predicted molar refractivity (Wildman–Crippen MR) is 75.2 cm³/mol. The van der Waals surface area contributed by atoms with Gasteiger partial charge in [0.05, 0.1) is 15.3 Å². The number of hydrogen-bond donors (Lipinski definition) is 1. The normalized spacial score (nSPS) is 29.6. The first-order chi connectivity index (χ1) is 8.56. The number of rotatable bonds is 3. The Morgan fingerprint density at radius 2 is 2.28 bits per heavy atom. The molecule has 1 aliphatic carbocycles. The van der Waals surface area contributed by atoms with Gasteiger partial charge >= 0.3 is 0 Å². The molecule has 18 heavy (non-hydrogen) atoms. The largest absolute Gasteiger partial charge is 0.309 e. The summed E-state index contributed by atoms with van der Waals surface area (Å²) in [5.74, 6) is 0.361. The molecule has 1 aliphatic heterocycles. The van der Waals surface area contributed by atoms with Crippen LogP contribution in [0.1, 0.15) is 35.7 Å². The summed E-state index contributed by atoms with van der Waals surface area (Å²) >= 11 is 7.66. The van der Waals surface area contributed by atoms with Crippen molar-refractivity contribution in [3.05, 3.63) is 20.8 Å². The summed E-state index contributed by atoms with van der Waals surface area (Å²) in [4.78, 5) is 1.35. The summed E-state index contributed by atoms with van der Waals surface area (Å²) in [6.45, 7) is 0.583. The van der Waals surface area contributed by atoms with Crippen LogP contribution in [-0.4, -0.2) is 26.0 Å². The molecule has 0 radical (unpaired) electrons. The predicted octanol–water partition coefficient (Wildman–Crippen LogP) is 2.56. The molecule has 2 aliphatic rings. The fourth-order valence-corrected chi connectivity index (χ4v) is 6.04. The minimum atomic E-state index is -2.84. The standard InChI is InChI=1S/C12H16ClNO2S2/c13-12-6-9-10(3-4-11(9)17-12)14-7-8-2-1-5-18(8,15)16/h6,8,10,14H,1-5,7H2. The fourth-order valence-electron chi connectivity index (χ4n) is 2.90. The van der Waals surface area contributed by atoms with E-state index in [1.807, 2.05) is 6.07 Å². The van der Waals surface area contributed by atoms with Gasteiger partial charge in [0.1, 0.15) is 0 Å². The molecular weight excluding hydrogens is 290 g/mol. The Kier molecular flexibility index (Phi) is 3.43. The molecule has 1 N–H and O–H groups in total. The van der Waals surface area contributed by atoms with Crippen molar-refractivity contribution >= 4 is 32.8 Å². The Balaban J connectivity index is 1.65. The lowest BCUT2D eigenvalue weighted by Crippen LogP contribution is -2.32. The van der Waals surface area contributed by atoms with Crippen LogP contribution in [-0.2, 0) is 16.3 Å². The van der Waals surface area contributed by atoms with Crippen molar-refractivity contribution in [3.63, 3.8) is 0 Å². The van der Waals surface area contributed by atoms with E-state index in [9.17, 15) is 8.42 Å². The zero-order chi connectivity index (χ0) is 12.8. The number of nitrogens with one attached hydrogen (secondary N) is 1. The molecule has 0 bridgehead atoms. The summed E-state index contributed by atoms with van der Waals surface area (Å²) in [6, 6.07) is 2.31. The zero-order valence-electron chi connectivity index (χ0n) is 9.99. The van der Waals surface area contributed by atoms with Crippen LogP contribution < -0.4 is 5.32 Å². The van der Waals surface area contributed by atoms with Gasteiger partial charge < -0.3 is 5.32 Å². The molecule has 1 saturated heterocycles. The molecule has 0 aromatic carbocycles. The molecule has 3 nitrogen and oxygen atoms in total. The number of halogens is 1. The van der Waals surface area contributed by atoms with Gasteiger partial charge in [0.15, 0.2) is 9.84 Å². The van der Waals surface area contributed by atoms with Gasteiger partial charge in [-0.25, -0.2) is 8.42 Å². The van der Waals surface area contributed by atoms with Crippen LogP contribution >= 0.6 is 22.9 Å². The highest BCUT2D eigenvalue weighted by Crippen LogP contribution is 2.39. The van der Waals surface area contributed by atoms with E-state index in [1.54, 1.807) is 11.3 Å². The molecule has 6 heteroatoms. The van der Waals surface area contributed by atoms with Crippen LogP contribution in [0.3, 0.4) is 0 Å². The van der Waals surface area contributed by atoms with Crippen LogP contribution in [0.15, 0.2) is 6.07 Å². The van der Waals surface area contributed by atoms with Gasteiger partial charge in [-0.2, -0.15) is 0 Å². The van der Waals surface area contributed by atoms with Gasteiger partial charge in [-0.3, -0.25) is 0 Å². The fraction of sp³-hybridized carbons (Fsp3) is 0.667. The molecule has 2 heterocycles. The van der Waals surface area contributed by atoms with E-state index in [0.717, 1.165) is 30.0 Å². The summed E-state index contributed by atoms with van der Waals surface area (Å²) < 4.78 is 24.3. The van der Waals surface area contributed by atoms with Crippen LogP contribution in [0.5, 0.6) is 0 Å². The molecule has 1 fully saturated rings. The Labute approximate surface area is 116 Å². The Morgan fingerprint density at radius 3 is 3.00 bits per heavy atom. The van der Waals surface area contributed by atoms with Crippen LogP contribution in [0.4, 0.5) is 0 Å². The summed E-state index contributed by atoms with van der Waals surface area (Å²) in [5.41, 5.74) is 1.28. The minimum absolute atomic E-state index is 0.185. The van der Waals surface area contributed by atoms with Gasteiger partial charge in [-0.1, -0.05) is 11.6 Å². The first kappa shape index (κ1) is 12.9. The second kappa shape index (κ2) is 4.78. The molecule has 0 amide bonds. The van der Waals surface area contributed by atoms with Crippen molar-refractivity contribution in [1.82, 2.24) is 5.32 Å². The third-order valence-corrected chi connectivity index (χ3v) is 7.52. The second-order valence-corrected chi connectivity index (χ2v) is 9.23. The maximum Gasteiger partial charge on any atom is 0.154 e. The SMILES string of the molecule is O=S1(=O)CCCC1CNC1CCc2sc(Cl)cc21. The van der Waals surface area contributed by atoms with E-state index >= 15 is 0 Å². The van der Waals surface area contributed by atoms with Crippen molar-refractivity contribution in [1.29, 1.82) is 0 Å². The van der Waals surface area contributed by atoms with Gasteiger partial charge in [-0.05, 0) is 37.3 Å². The van der Waals surface area contributed by atoms with Crippen LogP contribution in [0.25, 0.3) is 0 Å². The molecule has 1 aromatic rings. The molecule has 0 saturated carbocycles. The van der Waals surface area contributed by atoms with Crippen molar-refractivity contribution in [2.45, 2.75) is 37.0 Å². The highest BCUT2D eigenvalue weighted by molar-refractivity contribution is 7.92. The van der Waals surface area contributed by atoms with Crippen molar-refractivity contribution in [2.24, 2.45) is 0 Å². The van der Waals surface area contributed by atoms with E-state index in [1.165, 1.54) is 10.4 Å². The first-order valence-electron chi connectivity index (χ1n) is 6.29. The second-order valence-electron chi connectivity index (χ2n) is 5.06. The highest BCUT2D eigenvalue weighted by Gasteiger charge is 2.32. The molecule has 1 aromatic heterocycles. The Hall–Kier alpha value is -0.100. The highest BCUT2D eigenvalue weighted by atomic mass is 35.5. The lowest BCUT2D eigenvalue weighted by molar-refractivity contribution is 0.510. The lowest BCUT2D eigenvalue weighted by Gasteiger charge is -2.16. The third kappa shape index (κ3) is 2.33. The number of hydrogen-bond acceptors (Lipinski definition) is 4. The number of sulfone groups is 1. The quantitative estimate of drug-likeness (QED) is 0.933. The van der Waals surface area contributed by atoms with Gasteiger partial charge in [-0.15, -0.1) is 11.3 Å². The van der Waals surface area contributed by atoms with E-state index in [4.69, 9.17) is 11.6 Å². The van der Waals surface area contributed by atoms with Crippen molar-refractivity contribution < 1.29 is 8.42 Å². The molecular formula is C12H16ClNO2S2. The zero-order valence-corrected chi connectivity index (χ0v) is 12.4. The topological polar surface area (TPSA) is 46.2 Å². The average molecular weight is 306 g/mol. The molecule has 0 spiro atoms. The van der Waals surface area contributed by atoms with Gasteiger partial charge in [0.25, 0.3) is 0 Å². The minimum Gasteiger partial charge on any atom is -0.309 e. The van der Waals surface area contributed by atoms with Crippen molar-refractivity contribution in [3.8, 4) is 0 Å². The summed E-state index contributed by atoms with van der Waals surface area (Å²) in [7, 11) is -2.84. The van der Waals surface area contributed by atoms with E-state index in [2.05, 4.69) is 5.32 Å². The molecule has 3 rings (SSSR count). The van der Waals surface area contributed by atoms with Crippen molar-refractivity contribution in [2.75, 3.05) is 12.3 Å². The number of fused-ring (bicyclic) bond motifs is 1. The maximum atomic E-state index is 11.8. The average Bonchev–Trinajstić information content (AvgIpc) is 2.91. The van der Waals surface area contributed by atoms with Gasteiger partial charge in [0.2, 0.25) is 0 Å². The van der Waals surface area contributed by atoms with Crippen LogP contribution in [0, 0.1) is 0 Å². The van der Waals surface area contributed by atoms with E-state index < -0.39 is 9.84 Å². The third-order valence-electron chi connectivity index (χ3n) is 3.90. The summed E-state index contributed by atoms with van der Waals surface area (Å²) in [6.07, 6.45) is 3.74. The lowest BCUT2D eigenvalue weighted by atomic mass is 10.1. The smallest absolute Gasteiger partial charge is 0.154 e. The van der Waals surface area contributed by atoms with E-state index in [-0.39, 0.29) is 5.25 Å². The number of thiophene rings is 1. The maximum absolute atomic E-state index is 11.8. The Morgan fingerprint density at radius 1 is 1.44 bits per heavy atom. The Bertz CT molecular complexity index is 552. The van der Waals surface area contributed by atoms with E-state index in [0.29, 0.717) is 18.3 Å². The van der Waals surface area contributed by atoms with Crippen LogP contribution in [0.2, 0.25) is 4.34 Å². The van der Waals surface area contributed by atoms with Gasteiger partial charge in [0, 0.05) is 17.5 Å². The molecule has 100 valence electrons. The first-order valence-corrected chi connectivity index (χ1v) is 9.20. The molecule has 2 atom stereocenters. The monoisotopic (exact) mass is 305 g/mol. The molecule has 2 unspecified atom stereocenters. The number of aryl methyl sites for hydroxylation is 1. The summed E-state index contributed by atoms with van der Waals surface area (Å²) in [5, 5.41) is 3.23.